The molecule has 1 amide bonds. The Kier molecular flexibility index (Phi) is 6.23. The van der Waals surface area contributed by atoms with Gasteiger partial charge in [-0.2, -0.15) is 5.10 Å². The first-order valence-corrected chi connectivity index (χ1v) is 7.92. The Morgan fingerprint density at radius 1 is 1.40 bits per heavy atom. The minimum absolute atomic E-state index is 0. The first-order chi connectivity index (χ1) is 11.5. The van der Waals surface area contributed by atoms with Crippen molar-refractivity contribution in [3.63, 3.8) is 0 Å². The summed E-state index contributed by atoms with van der Waals surface area (Å²) in [5, 5.41) is 21.2. The fourth-order valence-corrected chi connectivity index (χ4v) is 3.13. The molecule has 0 radical (unpaired) electrons. The van der Waals surface area contributed by atoms with Crippen LogP contribution in [0.25, 0.3) is 5.69 Å². The number of benzene rings is 1. The normalized spacial score (nSPS) is 16.3. The van der Waals surface area contributed by atoms with Crippen LogP contribution in [0.15, 0.2) is 24.4 Å². The number of carbonyl (C=O) groups excluding carboxylic acids is 1. The lowest BCUT2D eigenvalue weighted by Gasteiger charge is -2.10. The van der Waals surface area contributed by atoms with Crippen LogP contribution >= 0.6 is 35.6 Å². The topological polar surface area (TPSA) is 102 Å². The molecule has 0 bridgehead atoms. The third-order valence-electron chi connectivity index (χ3n) is 3.66. The second-order valence-corrected chi connectivity index (χ2v) is 6.14. The van der Waals surface area contributed by atoms with E-state index in [0.29, 0.717) is 0 Å². The van der Waals surface area contributed by atoms with Crippen LogP contribution in [0, 0.1) is 10.1 Å². The molecular weight excluding hydrogens is 393 g/mol. The second-order valence-electron chi connectivity index (χ2n) is 5.32. The van der Waals surface area contributed by atoms with E-state index in [0.717, 1.165) is 19.5 Å². The van der Waals surface area contributed by atoms with E-state index in [9.17, 15) is 14.9 Å². The van der Waals surface area contributed by atoms with Gasteiger partial charge in [-0.05, 0) is 19.0 Å². The van der Waals surface area contributed by atoms with Gasteiger partial charge in [-0.3, -0.25) is 14.9 Å². The molecule has 3 rings (SSSR count). The summed E-state index contributed by atoms with van der Waals surface area (Å²) in [6.45, 7) is 1.60. The van der Waals surface area contributed by atoms with Crippen LogP contribution in [0.4, 0.5) is 5.69 Å². The highest BCUT2D eigenvalue weighted by atomic mass is 35.5. The zero-order valence-corrected chi connectivity index (χ0v) is 15.1. The molecule has 1 unspecified atom stereocenters. The Labute approximate surface area is 159 Å². The van der Waals surface area contributed by atoms with Crippen LogP contribution in [-0.2, 0) is 0 Å². The van der Waals surface area contributed by atoms with Crippen LogP contribution < -0.4 is 10.6 Å². The molecule has 1 fully saturated rings. The number of aromatic nitrogens is 2. The predicted molar refractivity (Wildman–Crippen MR) is 96.2 cm³/mol. The number of nitro groups is 1. The van der Waals surface area contributed by atoms with Gasteiger partial charge in [0.15, 0.2) is 5.69 Å². The first kappa shape index (κ1) is 19.5. The van der Waals surface area contributed by atoms with E-state index >= 15 is 0 Å². The molecule has 134 valence electrons. The number of nitrogens with zero attached hydrogens (tertiary/aromatic N) is 3. The van der Waals surface area contributed by atoms with Crippen molar-refractivity contribution in [2.75, 3.05) is 13.1 Å². The number of rotatable bonds is 4. The molecule has 1 aromatic carbocycles. The minimum atomic E-state index is -0.584. The maximum atomic E-state index is 12.2. The monoisotopic (exact) mass is 405 g/mol. The summed E-state index contributed by atoms with van der Waals surface area (Å²) in [6.07, 6.45) is 2.40. The molecule has 2 heterocycles. The number of nitro benzene ring substituents is 1. The molecule has 11 heteroatoms. The number of non-ortho nitro benzene ring substituents is 1. The maximum Gasteiger partial charge on any atom is 0.272 e. The Morgan fingerprint density at radius 2 is 2.08 bits per heavy atom. The molecule has 25 heavy (non-hydrogen) atoms. The van der Waals surface area contributed by atoms with Gasteiger partial charge >= 0.3 is 0 Å². The molecular formula is C14H14Cl3N5O3. The van der Waals surface area contributed by atoms with E-state index in [4.69, 9.17) is 23.2 Å². The van der Waals surface area contributed by atoms with Gasteiger partial charge in [0, 0.05) is 30.9 Å². The van der Waals surface area contributed by atoms with Crippen molar-refractivity contribution in [3.05, 3.63) is 50.2 Å². The lowest BCUT2D eigenvalue weighted by molar-refractivity contribution is -0.384. The standard InChI is InChI=1S/C14H13Cl2N5O3.ClH/c15-10-5-9(21(23)24)6-11(16)13(10)20-4-2-12(19-20)14(22)18-8-1-3-17-7-8;/h2,4-6,8,17H,1,3,7H2,(H,18,22);1H. The van der Waals surface area contributed by atoms with Gasteiger partial charge < -0.3 is 10.6 Å². The van der Waals surface area contributed by atoms with Crippen molar-refractivity contribution in [1.82, 2.24) is 20.4 Å². The van der Waals surface area contributed by atoms with E-state index in [2.05, 4.69) is 15.7 Å². The average Bonchev–Trinajstić information content (AvgIpc) is 3.18. The fourth-order valence-electron chi connectivity index (χ4n) is 2.48. The highest BCUT2D eigenvalue weighted by molar-refractivity contribution is 6.38. The second kappa shape index (κ2) is 8.01. The molecule has 0 aliphatic carbocycles. The molecule has 1 aromatic heterocycles. The molecule has 1 aliphatic heterocycles. The van der Waals surface area contributed by atoms with Gasteiger partial charge in [0.05, 0.1) is 15.0 Å². The number of halogens is 3. The maximum absolute atomic E-state index is 12.2. The van der Waals surface area contributed by atoms with Crippen molar-refractivity contribution >= 4 is 47.2 Å². The predicted octanol–water partition coefficient (Wildman–Crippen LogP) is 2.60. The average molecular weight is 407 g/mol. The summed E-state index contributed by atoms with van der Waals surface area (Å²) in [5.74, 6) is -0.295. The van der Waals surface area contributed by atoms with E-state index in [1.54, 1.807) is 0 Å². The molecule has 1 saturated heterocycles. The number of nitrogens with one attached hydrogen (secondary N) is 2. The van der Waals surface area contributed by atoms with Crippen molar-refractivity contribution < 1.29 is 9.72 Å². The number of carbonyl (C=O) groups is 1. The molecule has 8 nitrogen and oxygen atoms in total. The number of amides is 1. The summed E-state index contributed by atoms with van der Waals surface area (Å²) >= 11 is 12.2. The Hall–Kier alpha value is -1.87. The molecule has 0 saturated carbocycles. The van der Waals surface area contributed by atoms with Crippen LogP contribution in [-0.4, -0.2) is 39.7 Å². The van der Waals surface area contributed by atoms with Crippen molar-refractivity contribution in [2.24, 2.45) is 0 Å². The van der Waals surface area contributed by atoms with Crippen LogP contribution in [0.1, 0.15) is 16.9 Å². The van der Waals surface area contributed by atoms with E-state index in [1.165, 1.54) is 29.1 Å². The van der Waals surface area contributed by atoms with Crippen LogP contribution in [0.5, 0.6) is 0 Å². The Bertz CT molecular complexity index is 782. The van der Waals surface area contributed by atoms with Gasteiger partial charge in [-0.15, -0.1) is 12.4 Å². The summed E-state index contributed by atoms with van der Waals surface area (Å²) in [4.78, 5) is 22.4. The summed E-state index contributed by atoms with van der Waals surface area (Å²) in [7, 11) is 0. The van der Waals surface area contributed by atoms with Crippen LogP contribution in [0.2, 0.25) is 10.0 Å². The fraction of sp³-hybridized carbons (Fsp3) is 0.286. The van der Waals surface area contributed by atoms with E-state index in [-0.39, 0.29) is 51.5 Å². The zero-order chi connectivity index (χ0) is 17.3. The van der Waals surface area contributed by atoms with Gasteiger partial charge in [0.25, 0.3) is 11.6 Å². The molecule has 2 N–H and O–H groups in total. The highest BCUT2D eigenvalue weighted by Crippen LogP contribution is 2.32. The first-order valence-electron chi connectivity index (χ1n) is 7.17. The highest BCUT2D eigenvalue weighted by Gasteiger charge is 2.21. The third kappa shape index (κ3) is 4.21. The lowest BCUT2D eigenvalue weighted by Crippen LogP contribution is -2.36. The molecule has 1 aliphatic rings. The van der Waals surface area contributed by atoms with E-state index in [1.807, 2.05) is 0 Å². The molecule has 1 atom stereocenters. The Morgan fingerprint density at radius 3 is 2.64 bits per heavy atom. The SMILES string of the molecule is Cl.O=C(NC1CCNC1)c1ccn(-c2c(Cl)cc([N+](=O)[O-])cc2Cl)n1. The van der Waals surface area contributed by atoms with Gasteiger partial charge in [-0.1, -0.05) is 23.2 Å². The third-order valence-corrected chi connectivity index (χ3v) is 4.24. The lowest BCUT2D eigenvalue weighted by atomic mass is 10.2. The number of hydrogen-bond acceptors (Lipinski definition) is 5. The quantitative estimate of drug-likeness (QED) is 0.600. The smallest absolute Gasteiger partial charge is 0.272 e. The van der Waals surface area contributed by atoms with Gasteiger partial charge in [0.1, 0.15) is 5.69 Å². The minimum Gasteiger partial charge on any atom is -0.347 e. The van der Waals surface area contributed by atoms with Crippen molar-refractivity contribution in [2.45, 2.75) is 12.5 Å². The summed E-state index contributed by atoms with van der Waals surface area (Å²) < 4.78 is 1.33. The van der Waals surface area contributed by atoms with Crippen molar-refractivity contribution in [3.8, 4) is 5.69 Å². The molecule has 0 spiro atoms. The summed E-state index contributed by atoms with van der Waals surface area (Å²) in [6, 6.07) is 3.99. The summed E-state index contributed by atoms with van der Waals surface area (Å²) in [5.41, 5.74) is 0.283. The van der Waals surface area contributed by atoms with E-state index < -0.39 is 4.92 Å². The van der Waals surface area contributed by atoms with Crippen molar-refractivity contribution in [1.29, 1.82) is 0 Å². The van der Waals surface area contributed by atoms with Crippen LogP contribution in [0.3, 0.4) is 0 Å². The number of hydrogen-bond donors (Lipinski definition) is 2. The zero-order valence-electron chi connectivity index (χ0n) is 12.7. The van der Waals surface area contributed by atoms with Gasteiger partial charge in [0.2, 0.25) is 0 Å². The van der Waals surface area contributed by atoms with Gasteiger partial charge in [-0.25, -0.2) is 4.68 Å². The Balaban J connectivity index is 0.00000225. The largest absolute Gasteiger partial charge is 0.347 e. The molecule has 2 aromatic rings.